The van der Waals surface area contributed by atoms with Crippen molar-refractivity contribution in [2.24, 2.45) is 0 Å². The molecule has 0 aliphatic heterocycles. The minimum absolute atomic E-state index is 0.325. The first kappa shape index (κ1) is 19.7. The van der Waals surface area contributed by atoms with E-state index in [4.69, 9.17) is 9.97 Å². The second-order valence-electron chi connectivity index (χ2n) is 8.50. The number of hydrogen-bond donors (Lipinski definition) is 0. The van der Waals surface area contributed by atoms with Crippen molar-refractivity contribution in [2.45, 2.75) is 44.9 Å². The average molecular weight is 405 g/mol. The molecule has 0 amide bonds. The third-order valence-electron chi connectivity index (χ3n) is 6.25. The standard InChI is InChI=1S/C29H28N2/c1-3-4-5-6-10-21-11-9-13-22(16-15-21)27-19-28(31-20(2)30-27)24-17-23-12-7-8-14-25-26(18-24)29(23)25/h3-8,11-12,14-19,22,25H,9-10,13H2,1-2H3. The smallest absolute Gasteiger partial charge is 0.126 e. The molecule has 2 heteroatoms. The highest BCUT2D eigenvalue weighted by Crippen LogP contribution is 2.50. The third-order valence-corrected chi connectivity index (χ3v) is 6.25. The first-order valence-corrected chi connectivity index (χ1v) is 11.3. The molecule has 0 N–H and O–H groups in total. The van der Waals surface area contributed by atoms with Crippen molar-refractivity contribution in [1.29, 1.82) is 0 Å². The Kier molecular flexibility index (Phi) is 5.38. The monoisotopic (exact) mass is 404 g/mol. The second-order valence-corrected chi connectivity index (χ2v) is 8.50. The zero-order valence-corrected chi connectivity index (χ0v) is 18.3. The van der Waals surface area contributed by atoms with Crippen molar-refractivity contribution in [1.82, 2.24) is 9.97 Å². The van der Waals surface area contributed by atoms with Crippen LogP contribution in [-0.2, 0) is 0 Å². The molecule has 0 bridgehead atoms. The van der Waals surface area contributed by atoms with Crippen molar-refractivity contribution >= 4 is 6.08 Å². The van der Waals surface area contributed by atoms with Crippen LogP contribution >= 0.6 is 0 Å². The van der Waals surface area contributed by atoms with Crippen LogP contribution in [0.1, 0.15) is 66.2 Å². The van der Waals surface area contributed by atoms with Crippen LogP contribution in [0.4, 0.5) is 0 Å². The summed E-state index contributed by atoms with van der Waals surface area (Å²) < 4.78 is 0. The molecule has 1 aromatic heterocycles. The van der Waals surface area contributed by atoms with E-state index in [1.54, 1.807) is 0 Å². The van der Waals surface area contributed by atoms with Crippen molar-refractivity contribution < 1.29 is 0 Å². The molecule has 2 nitrogen and oxygen atoms in total. The minimum atomic E-state index is 0.325. The number of fused-ring (bicyclic) bond motifs is 1. The molecule has 1 heterocycles. The maximum Gasteiger partial charge on any atom is 0.126 e. The fraction of sp³-hybridized carbons (Fsp3) is 0.241. The van der Waals surface area contributed by atoms with Gasteiger partial charge >= 0.3 is 0 Å². The molecule has 0 radical (unpaired) electrons. The minimum Gasteiger partial charge on any atom is -0.238 e. The normalized spacial score (nSPS) is 21.3. The fourth-order valence-electron chi connectivity index (χ4n) is 4.62. The lowest BCUT2D eigenvalue weighted by Crippen LogP contribution is -2.02. The highest BCUT2D eigenvalue weighted by Gasteiger charge is 2.34. The van der Waals surface area contributed by atoms with Gasteiger partial charge in [-0.15, -0.1) is 0 Å². The highest BCUT2D eigenvalue weighted by atomic mass is 14.9. The second kappa shape index (κ2) is 8.47. The van der Waals surface area contributed by atoms with E-state index in [0.717, 1.165) is 36.5 Å². The Labute approximate surface area is 185 Å². The van der Waals surface area contributed by atoms with Gasteiger partial charge in [-0.3, -0.25) is 0 Å². The predicted molar refractivity (Wildman–Crippen MR) is 130 cm³/mol. The zero-order valence-electron chi connectivity index (χ0n) is 18.3. The van der Waals surface area contributed by atoms with Gasteiger partial charge in [-0.1, -0.05) is 66.8 Å². The van der Waals surface area contributed by atoms with Gasteiger partial charge in [-0.05, 0) is 73.6 Å². The molecule has 3 aliphatic carbocycles. The van der Waals surface area contributed by atoms with Crippen molar-refractivity contribution in [3.8, 4) is 11.3 Å². The molecule has 154 valence electrons. The molecule has 1 aromatic carbocycles. The van der Waals surface area contributed by atoms with Gasteiger partial charge in [0.15, 0.2) is 0 Å². The molecule has 5 rings (SSSR count). The van der Waals surface area contributed by atoms with E-state index >= 15 is 0 Å². The largest absolute Gasteiger partial charge is 0.238 e. The van der Waals surface area contributed by atoms with Gasteiger partial charge in [0.1, 0.15) is 5.82 Å². The Morgan fingerprint density at radius 3 is 2.87 bits per heavy atom. The quantitative estimate of drug-likeness (QED) is 0.486. The summed E-state index contributed by atoms with van der Waals surface area (Å²) in [5, 5.41) is 0. The van der Waals surface area contributed by atoms with Crippen LogP contribution in [-0.4, -0.2) is 9.97 Å². The van der Waals surface area contributed by atoms with Gasteiger partial charge < -0.3 is 0 Å². The van der Waals surface area contributed by atoms with Crippen LogP contribution in [0.25, 0.3) is 17.3 Å². The molecule has 3 aliphatic rings. The zero-order chi connectivity index (χ0) is 21.2. The van der Waals surface area contributed by atoms with E-state index in [-0.39, 0.29) is 0 Å². The molecular weight excluding hydrogens is 376 g/mol. The first-order valence-electron chi connectivity index (χ1n) is 11.3. The summed E-state index contributed by atoms with van der Waals surface area (Å²) in [6.07, 6.45) is 27.4. The first-order chi connectivity index (χ1) is 15.2. The Balaban J connectivity index is 1.40. The van der Waals surface area contributed by atoms with Gasteiger partial charge in [-0.2, -0.15) is 0 Å². The molecule has 2 unspecified atom stereocenters. The number of aromatic nitrogens is 2. The van der Waals surface area contributed by atoms with Crippen molar-refractivity contribution in [3.63, 3.8) is 0 Å². The molecule has 0 spiro atoms. The van der Waals surface area contributed by atoms with E-state index in [1.807, 2.05) is 13.8 Å². The van der Waals surface area contributed by atoms with Gasteiger partial charge in [-0.25, -0.2) is 9.97 Å². The maximum absolute atomic E-state index is 4.82. The summed E-state index contributed by atoms with van der Waals surface area (Å²) in [4.78, 5) is 9.62. The van der Waals surface area contributed by atoms with Crippen LogP contribution < -0.4 is 0 Å². The van der Waals surface area contributed by atoms with E-state index in [0.29, 0.717) is 11.8 Å². The van der Waals surface area contributed by atoms with Crippen LogP contribution in [0.3, 0.4) is 0 Å². The van der Waals surface area contributed by atoms with Crippen LogP contribution in [0, 0.1) is 6.92 Å². The number of aryl methyl sites for hydroxylation is 1. The highest BCUT2D eigenvalue weighted by molar-refractivity contribution is 5.78. The summed E-state index contributed by atoms with van der Waals surface area (Å²) in [5.74, 6) is 1.67. The average Bonchev–Trinajstić information content (AvgIpc) is 3.55. The molecule has 2 aromatic rings. The van der Waals surface area contributed by atoms with Gasteiger partial charge in [0.2, 0.25) is 0 Å². The molecule has 0 saturated heterocycles. The van der Waals surface area contributed by atoms with E-state index < -0.39 is 0 Å². The number of nitrogens with zero attached hydrogens (tertiary/aromatic N) is 2. The molecule has 2 atom stereocenters. The van der Waals surface area contributed by atoms with Crippen molar-refractivity contribution in [3.05, 3.63) is 113 Å². The summed E-state index contributed by atoms with van der Waals surface area (Å²) in [6, 6.07) is 6.80. The topological polar surface area (TPSA) is 25.8 Å². The van der Waals surface area contributed by atoms with E-state index in [2.05, 4.69) is 85.0 Å². The lowest BCUT2D eigenvalue weighted by molar-refractivity contribution is 0.724. The summed E-state index contributed by atoms with van der Waals surface area (Å²) in [7, 11) is 0. The Hall–Kier alpha value is -3.26. The van der Waals surface area contributed by atoms with Gasteiger partial charge in [0, 0.05) is 17.4 Å². The number of rotatable bonds is 5. The molecule has 0 fully saturated rings. The number of hydrogen-bond acceptors (Lipinski definition) is 2. The summed E-state index contributed by atoms with van der Waals surface area (Å²) in [5.41, 5.74) is 9.00. The lowest BCUT2D eigenvalue weighted by Gasteiger charge is -2.13. The molecule has 0 saturated carbocycles. The van der Waals surface area contributed by atoms with Crippen LogP contribution in [0.2, 0.25) is 0 Å². The van der Waals surface area contributed by atoms with E-state index in [9.17, 15) is 0 Å². The van der Waals surface area contributed by atoms with Crippen LogP contribution in [0.15, 0.2) is 84.5 Å². The Morgan fingerprint density at radius 2 is 1.97 bits per heavy atom. The number of benzene rings is 1. The Bertz CT molecular complexity index is 1190. The van der Waals surface area contributed by atoms with Crippen molar-refractivity contribution in [2.75, 3.05) is 0 Å². The molecular formula is C29H28N2. The van der Waals surface area contributed by atoms with E-state index in [1.165, 1.54) is 27.8 Å². The lowest BCUT2D eigenvalue weighted by atomic mass is 9.97. The fourth-order valence-corrected chi connectivity index (χ4v) is 4.62. The van der Waals surface area contributed by atoms with Gasteiger partial charge in [0.05, 0.1) is 11.4 Å². The van der Waals surface area contributed by atoms with Crippen LogP contribution in [0.5, 0.6) is 0 Å². The van der Waals surface area contributed by atoms with Gasteiger partial charge in [0.25, 0.3) is 0 Å². The predicted octanol–water partition coefficient (Wildman–Crippen LogP) is 7.36. The summed E-state index contributed by atoms with van der Waals surface area (Å²) >= 11 is 0. The third kappa shape index (κ3) is 4.16. The molecule has 31 heavy (non-hydrogen) atoms. The SMILES string of the molecule is CC=CC=CCC1=CCCC(c2cc(-c3cc4c5c(c3)C5C=CC=C4)nc(C)n2)C=C1. The summed E-state index contributed by atoms with van der Waals surface area (Å²) in [6.45, 7) is 4.05. The maximum atomic E-state index is 4.82. The Morgan fingerprint density at radius 1 is 1.03 bits per heavy atom. The number of allylic oxidation sites excluding steroid dienone is 11.